The molecule has 0 aliphatic carbocycles. The minimum Gasteiger partial charge on any atom is -0.403 e. The second-order valence-corrected chi connectivity index (χ2v) is 2.89. The van der Waals surface area contributed by atoms with Crippen LogP contribution >= 0.6 is 0 Å². The van der Waals surface area contributed by atoms with E-state index in [4.69, 9.17) is 21.1 Å². The number of hydrazine groups is 1. The van der Waals surface area contributed by atoms with E-state index in [1.807, 2.05) is 27.7 Å². The molecule has 0 radical (unpaired) electrons. The quantitative estimate of drug-likeness (QED) is 0.585. The topological polar surface area (TPSA) is 73.7 Å². The molecule has 0 aromatic heterocycles. The van der Waals surface area contributed by atoms with Crippen molar-refractivity contribution in [1.82, 2.24) is 5.01 Å². The van der Waals surface area contributed by atoms with Gasteiger partial charge < -0.3 is 20.2 Å². The van der Waals surface area contributed by atoms with Crippen molar-refractivity contribution < 1.29 is 9.47 Å². The summed E-state index contributed by atoms with van der Waals surface area (Å²) in [6.45, 7) is 10.2. The summed E-state index contributed by atoms with van der Waals surface area (Å²) in [6, 6.07) is 0. The summed E-state index contributed by atoms with van der Waals surface area (Å²) >= 11 is 0. The van der Waals surface area contributed by atoms with E-state index in [2.05, 4.69) is 0 Å². The van der Waals surface area contributed by atoms with Crippen molar-refractivity contribution in [3.05, 3.63) is 12.4 Å². The van der Waals surface area contributed by atoms with Gasteiger partial charge in [-0.05, 0) is 6.42 Å². The summed E-state index contributed by atoms with van der Waals surface area (Å²) in [5, 5.41) is 1.52. The van der Waals surface area contributed by atoms with Gasteiger partial charge in [0.1, 0.15) is 0 Å². The van der Waals surface area contributed by atoms with Crippen LogP contribution < -0.4 is 11.6 Å². The van der Waals surface area contributed by atoms with Crippen LogP contribution in [0.5, 0.6) is 0 Å². The van der Waals surface area contributed by atoms with Crippen molar-refractivity contribution in [2.24, 2.45) is 11.6 Å². The maximum atomic E-state index is 5.56. The number of hydrogen-bond donors (Lipinski definition) is 2. The summed E-state index contributed by atoms with van der Waals surface area (Å²) in [5.74, 6) is 5.56. The molecule has 0 aromatic carbocycles. The van der Waals surface area contributed by atoms with E-state index in [1.54, 1.807) is 6.20 Å². The van der Waals surface area contributed by atoms with E-state index in [-0.39, 0.29) is 6.29 Å². The van der Waals surface area contributed by atoms with Crippen molar-refractivity contribution in [1.29, 1.82) is 0 Å². The first-order valence-electron chi connectivity index (χ1n) is 6.46. The fourth-order valence-corrected chi connectivity index (χ4v) is 1.14. The minimum absolute atomic E-state index is 0.106. The summed E-state index contributed by atoms with van der Waals surface area (Å²) in [5.41, 5.74) is 5.17. The summed E-state index contributed by atoms with van der Waals surface area (Å²) in [4.78, 5) is 0. The monoisotopic (exact) mass is 247 g/mol. The Kier molecular flexibility index (Phi) is 16.6. The molecular weight excluding hydrogens is 218 g/mol. The van der Waals surface area contributed by atoms with Gasteiger partial charge in [-0.25, -0.2) is 5.84 Å². The molecule has 17 heavy (non-hydrogen) atoms. The van der Waals surface area contributed by atoms with Crippen LogP contribution in [0, 0.1) is 0 Å². The standard InChI is InChI=1S/C8H17N3O2.2C2H6/c9-3-5-11(10)4-2-8-12-6-1-7-13-8;2*1-2/h3,5,8H,1-2,4,6-7,9-10H2;2*1-2H3/b5-3-;;. The molecule has 104 valence electrons. The molecular formula is C12H29N3O2. The van der Waals surface area contributed by atoms with Gasteiger partial charge in [-0.2, -0.15) is 0 Å². The molecule has 0 amide bonds. The first-order valence-corrected chi connectivity index (χ1v) is 6.46. The predicted octanol–water partition coefficient (Wildman–Crippen LogP) is 1.80. The van der Waals surface area contributed by atoms with Crippen LogP contribution in [0.2, 0.25) is 0 Å². The van der Waals surface area contributed by atoms with Crippen LogP contribution in [0.1, 0.15) is 40.5 Å². The average molecular weight is 247 g/mol. The van der Waals surface area contributed by atoms with Crippen LogP contribution in [0.4, 0.5) is 0 Å². The number of rotatable bonds is 4. The van der Waals surface area contributed by atoms with Crippen LogP contribution in [-0.2, 0) is 9.47 Å². The molecule has 0 unspecified atom stereocenters. The molecule has 1 aliphatic rings. The van der Waals surface area contributed by atoms with Gasteiger partial charge >= 0.3 is 0 Å². The third-order valence-electron chi connectivity index (χ3n) is 1.80. The number of nitrogens with zero attached hydrogens (tertiary/aromatic N) is 1. The molecule has 1 rings (SSSR count). The highest BCUT2D eigenvalue weighted by Crippen LogP contribution is 2.08. The van der Waals surface area contributed by atoms with Crippen LogP contribution in [-0.4, -0.2) is 31.1 Å². The highest BCUT2D eigenvalue weighted by atomic mass is 16.7. The lowest BCUT2D eigenvalue weighted by Gasteiger charge is -2.24. The Morgan fingerprint density at radius 2 is 1.71 bits per heavy atom. The number of ether oxygens (including phenoxy) is 2. The van der Waals surface area contributed by atoms with Gasteiger partial charge in [0.15, 0.2) is 6.29 Å². The molecule has 1 heterocycles. The molecule has 0 spiro atoms. The average Bonchev–Trinajstić information content (AvgIpc) is 2.43. The van der Waals surface area contributed by atoms with E-state index in [0.29, 0.717) is 6.54 Å². The molecule has 4 N–H and O–H groups in total. The molecule has 0 bridgehead atoms. The smallest absolute Gasteiger partial charge is 0.159 e. The second kappa shape index (κ2) is 15.2. The Morgan fingerprint density at radius 1 is 1.18 bits per heavy atom. The van der Waals surface area contributed by atoms with Gasteiger partial charge in [-0.15, -0.1) is 0 Å². The molecule has 1 aliphatic heterocycles. The lowest BCUT2D eigenvalue weighted by atomic mass is 10.3. The molecule has 0 saturated carbocycles. The highest BCUT2D eigenvalue weighted by Gasteiger charge is 2.13. The van der Waals surface area contributed by atoms with E-state index in [1.165, 1.54) is 11.2 Å². The van der Waals surface area contributed by atoms with Crippen LogP contribution in [0.15, 0.2) is 12.4 Å². The van der Waals surface area contributed by atoms with Crippen LogP contribution in [0.25, 0.3) is 0 Å². The Labute approximate surface area is 106 Å². The fraction of sp³-hybridized carbons (Fsp3) is 0.833. The van der Waals surface area contributed by atoms with Gasteiger partial charge in [-0.3, -0.25) is 0 Å². The Morgan fingerprint density at radius 3 is 2.18 bits per heavy atom. The molecule has 5 heteroatoms. The molecule has 0 aromatic rings. The zero-order chi connectivity index (χ0) is 13.5. The van der Waals surface area contributed by atoms with Gasteiger partial charge in [0.2, 0.25) is 0 Å². The van der Waals surface area contributed by atoms with E-state index in [0.717, 1.165) is 26.1 Å². The summed E-state index contributed by atoms with van der Waals surface area (Å²) < 4.78 is 10.7. The fourth-order valence-electron chi connectivity index (χ4n) is 1.14. The maximum Gasteiger partial charge on any atom is 0.159 e. The first kappa shape index (κ1) is 18.6. The van der Waals surface area contributed by atoms with Crippen LogP contribution in [0.3, 0.4) is 0 Å². The number of hydrogen-bond acceptors (Lipinski definition) is 5. The SMILES string of the molecule is CC.CC.N/C=C\N(N)CCC1OCCCO1. The minimum atomic E-state index is -0.106. The third-order valence-corrected chi connectivity index (χ3v) is 1.80. The van der Waals surface area contributed by atoms with Gasteiger partial charge in [0, 0.05) is 25.4 Å². The Bertz CT molecular complexity index is 160. The Balaban J connectivity index is 0. The van der Waals surface area contributed by atoms with Crippen molar-refractivity contribution >= 4 is 0 Å². The van der Waals surface area contributed by atoms with Crippen molar-refractivity contribution in [2.45, 2.75) is 46.8 Å². The zero-order valence-electron chi connectivity index (χ0n) is 11.7. The highest BCUT2D eigenvalue weighted by molar-refractivity contribution is 4.73. The normalized spacial score (nSPS) is 15.6. The lowest BCUT2D eigenvalue weighted by Crippen LogP contribution is -2.32. The largest absolute Gasteiger partial charge is 0.403 e. The lowest BCUT2D eigenvalue weighted by molar-refractivity contribution is -0.182. The van der Waals surface area contributed by atoms with Crippen molar-refractivity contribution in [3.8, 4) is 0 Å². The van der Waals surface area contributed by atoms with Crippen molar-refractivity contribution in [3.63, 3.8) is 0 Å². The molecule has 0 atom stereocenters. The molecule has 1 saturated heterocycles. The first-order chi connectivity index (χ1) is 8.33. The van der Waals surface area contributed by atoms with Crippen molar-refractivity contribution in [2.75, 3.05) is 19.8 Å². The Hall–Kier alpha value is -0.780. The second-order valence-electron chi connectivity index (χ2n) is 2.89. The maximum absolute atomic E-state index is 5.56. The molecule has 5 nitrogen and oxygen atoms in total. The van der Waals surface area contributed by atoms with E-state index in [9.17, 15) is 0 Å². The zero-order valence-corrected chi connectivity index (χ0v) is 11.7. The molecule has 1 fully saturated rings. The van der Waals surface area contributed by atoms with Gasteiger partial charge in [-0.1, -0.05) is 27.7 Å². The third kappa shape index (κ3) is 11.5. The predicted molar refractivity (Wildman–Crippen MR) is 71.8 cm³/mol. The van der Waals surface area contributed by atoms with E-state index >= 15 is 0 Å². The van der Waals surface area contributed by atoms with E-state index < -0.39 is 0 Å². The van der Waals surface area contributed by atoms with Gasteiger partial charge in [0.25, 0.3) is 0 Å². The number of nitrogens with two attached hydrogens (primary N) is 2. The summed E-state index contributed by atoms with van der Waals surface area (Å²) in [6.07, 6.45) is 4.66. The van der Waals surface area contributed by atoms with Gasteiger partial charge in [0.05, 0.1) is 13.2 Å². The summed E-state index contributed by atoms with van der Waals surface area (Å²) in [7, 11) is 0.